The van der Waals surface area contributed by atoms with Crippen molar-refractivity contribution < 1.29 is 15.3 Å². The second-order valence-electron chi connectivity index (χ2n) is 8.54. The Morgan fingerprint density at radius 3 is 2.64 bits per heavy atom. The normalized spacial score (nSPS) is 50.0. The van der Waals surface area contributed by atoms with Gasteiger partial charge < -0.3 is 15.3 Å². The highest BCUT2D eigenvalue weighted by molar-refractivity contribution is 4.96. The number of aliphatic hydroxyl groups excluding tert-OH is 3. The average molecular weight is 311 g/mol. The van der Waals surface area contributed by atoms with Crippen LogP contribution in [-0.4, -0.2) is 57.7 Å². The Kier molecular flexibility index (Phi) is 4.84. The topological polar surface area (TPSA) is 63.9 Å². The lowest BCUT2D eigenvalue weighted by atomic mass is 9.58. The monoisotopic (exact) mass is 311 g/mol. The van der Waals surface area contributed by atoms with Gasteiger partial charge in [0, 0.05) is 12.6 Å². The van der Waals surface area contributed by atoms with E-state index in [1.165, 1.54) is 44.9 Å². The van der Waals surface area contributed by atoms with Crippen molar-refractivity contribution in [3.63, 3.8) is 0 Å². The lowest BCUT2D eigenvalue weighted by Crippen LogP contribution is -2.60. The lowest BCUT2D eigenvalue weighted by Gasteiger charge is -2.50. The first-order valence-corrected chi connectivity index (χ1v) is 9.18. The second kappa shape index (κ2) is 6.39. The van der Waals surface area contributed by atoms with Gasteiger partial charge in [0.15, 0.2) is 0 Å². The fourth-order valence-corrected chi connectivity index (χ4v) is 5.61. The zero-order valence-electron chi connectivity index (χ0n) is 14.1. The minimum absolute atomic E-state index is 0.0739. The molecule has 1 heterocycles. The van der Waals surface area contributed by atoms with E-state index in [1.807, 2.05) is 6.92 Å². The van der Waals surface area contributed by atoms with Gasteiger partial charge in [-0.2, -0.15) is 0 Å². The molecule has 0 aromatic carbocycles. The molecular weight excluding hydrogens is 278 g/mol. The number of hydrogen-bond donors (Lipinski definition) is 3. The summed E-state index contributed by atoms with van der Waals surface area (Å²) in [5.41, 5.74) is 0.492. The van der Waals surface area contributed by atoms with Crippen LogP contribution in [0.2, 0.25) is 0 Å². The summed E-state index contributed by atoms with van der Waals surface area (Å²) in [6.07, 6.45) is 6.78. The fourth-order valence-electron chi connectivity index (χ4n) is 5.61. The minimum atomic E-state index is -1.00. The second-order valence-corrected chi connectivity index (χ2v) is 8.54. The van der Waals surface area contributed by atoms with Crippen molar-refractivity contribution >= 4 is 0 Å². The van der Waals surface area contributed by atoms with Crippen LogP contribution in [0.1, 0.15) is 58.8 Å². The first-order valence-electron chi connectivity index (χ1n) is 9.18. The van der Waals surface area contributed by atoms with E-state index in [2.05, 4.69) is 11.8 Å². The highest BCUT2D eigenvalue weighted by atomic mass is 16.4. The van der Waals surface area contributed by atoms with Crippen molar-refractivity contribution in [3.8, 4) is 0 Å². The molecular formula is C18H33NO3. The molecule has 3 aliphatic rings. The number of aliphatic hydroxyl groups is 3. The molecule has 7 atom stereocenters. The number of hydrogen-bond acceptors (Lipinski definition) is 4. The van der Waals surface area contributed by atoms with E-state index in [-0.39, 0.29) is 6.04 Å². The first-order chi connectivity index (χ1) is 10.4. The third-order valence-electron chi connectivity index (χ3n) is 6.72. The summed E-state index contributed by atoms with van der Waals surface area (Å²) in [6.45, 7) is 5.78. The van der Waals surface area contributed by atoms with Crippen molar-refractivity contribution in [2.75, 3.05) is 13.1 Å². The van der Waals surface area contributed by atoms with Crippen LogP contribution in [0.4, 0.5) is 0 Å². The van der Waals surface area contributed by atoms with E-state index in [4.69, 9.17) is 0 Å². The van der Waals surface area contributed by atoms with Gasteiger partial charge in [0.1, 0.15) is 6.10 Å². The highest BCUT2D eigenvalue weighted by Crippen LogP contribution is 2.52. The smallest absolute Gasteiger partial charge is 0.108 e. The van der Waals surface area contributed by atoms with E-state index in [0.717, 1.165) is 18.4 Å². The maximum absolute atomic E-state index is 10.1. The van der Waals surface area contributed by atoms with E-state index in [0.29, 0.717) is 12.0 Å². The van der Waals surface area contributed by atoms with E-state index >= 15 is 0 Å². The summed E-state index contributed by atoms with van der Waals surface area (Å²) >= 11 is 0. The van der Waals surface area contributed by atoms with Gasteiger partial charge in [-0.3, -0.25) is 4.90 Å². The third-order valence-corrected chi connectivity index (χ3v) is 6.72. The Labute approximate surface area is 134 Å². The van der Waals surface area contributed by atoms with Crippen LogP contribution in [-0.2, 0) is 0 Å². The van der Waals surface area contributed by atoms with Gasteiger partial charge in [-0.1, -0.05) is 19.8 Å². The van der Waals surface area contributed by atoms with Gasteiger partial charge in [-0.15, -0.1) is 0 Å². The van der Waals surface area contributed by atoms with Crippen molar-refractivity contribution in [1.29, 1.82) is 0 Å². The number of piperidine rings is 1. The zero-order valence-corrected chi connectivity index (χ0v) is 14.1. The van der Waals surface area contributed by atoms with Gasteiger partial charge in [0.2, 0.25) is 0 Å². The molecule has 0 radical (unpaired) electrons. The quantitative estimate of drug-likeness (QED) is 0.743. The highest BCUT2D eigenvalue weighted by Gasteiger charge is 2.43. The predicted octanol–water partition coefficient (Wildman–Crippen LogP) is 1.77. The van der Waals surface area contributed by atoms with Crippen LogP contribution in [0.3, 0.4) is 0 Å². The largest absolute Gasteiger partial charge is 0.389 e. The van der Waals surface area contributed by atoms with Crippen LogP contribution in [0.15, 0.2) is 0 Å². The van der Waals surface area contributed by atoms with E-state index < -0.39 is 18.3 Å². The van der Waals surface area contributed by atoms with Crippen molar-refractivity contribution in [1.82, 2.24) is 4.90 Å². The Hall–Kier alpha value is -0.160. The molecule has 2 bridgehead atoms. The first kappa shape index (κ1) is 16.7. The summed E-state index contributed by atoms with van der Waals surface area (Å²) in [5.74, 6) is 1.77. The number of likely N-dealkylation sites (tertiary alicyclic amines) is 1. The molecule has 1 aliphatic heterocycles. The van der Waals surface area contributed by atoms with Crippen LogP contribution in [0, 0.1) is 17.3 Å². The van der Waals surface area contributed by atoms with Crippen LogP contribution < -0.4 is 0 Å². The number of rotatable bonds is 3. The number of fused-ring (bicyclic) bond motifs is 2. The molecule has 22 heavy (non-hydrogen) atoms. The molecule has 0 aromatic rings. The molecule has 3 rings (SSSR count). The molecule has 0 spiro atoms. The molecule has 2 aliphatic carbocycles. The molecule has 1 saturated heterocycles. The van der Waals surface area contributed by atoms with Gasteiger partial charge in [-0.05, 0) is 62.8 Å². The van der Waals surface area contributed by atoms with Crippen LogP contribution >= 0.6 is 0 Å². The summed E-state index contributed by atoms with van der Waals surface area (Å²) in [4.78, 5) is 2.18. The lowest BCUT2D eigenvalue weighted by molar-refractivity contribution is -0.135. The molecule has 2 saturated carbocycles. The Bertz CT molecular complexity index is 387. The van der Waals surface area contributed by atoms with Gasteiger partial charge in [0.25, 0.3) is 0 Å². The number of nitrogens with zero attached hydrogens (tertiary/aromatic N) is 1. The van der Waals surface area contributed by atoms with Crippen LogP contribution in [0.5, 0.6) is 0 Å². The molecule has 4 nitrogen and oxygen atoms in total. The Balaban J connectivity index is 1.61. The molecule has 3 N–H and O–H groups in total. The third kappa shape index (κ3) is 3.21. The minimum Gasteiger partial charge on any atom is -0.389 e. The fraction of sp³-hybridized carbons (Fsp3) is 1.00. The van der Waals surface area contributed by atoms with Gasteiger partial charge >= 0.3 is 0 Å². The van der Waals surface area contributed by atoms with Gasteiger partial charge in [0.05, 0.1) is 12.2 Å². The molecule has 0 amide bonds. The summed E-state index contributed by atoms with van der Waals surface area (Å²) in [7, 11) is 0. The SMILES string of the molecule is CC1CC2CCCC(CCN3C[C@H](O)[C@@H](O)[C@H](O)[C@H]3C)(C1)C2. The van der Waals surface area contributed by atoms with E-state index in [9.17, 15) is 15.3 Å². The number of β-amino-alcohol motifs (C(OH)–C–C–N with tert-alkyl or cyclic N) is 1. The molecule has 3 unspecified atom stereocenters. The Morgan fingerprint density at radius 2 is 1.86 bits per heavy atom. The van der Waals surface area contributed by atoms with E-state index in [1.54, 1.807) is 0 Å². The maximum atomic E-state index is 10.1. The summed E-state index contributed by atoms with van der Waals surface area (Å²) < 4.78 is 0. The molecule has 0 aromatic heterocycles. The summed E-state index contributed by atoms with van der Waals surface area (Å²) in [6, 6.07) is -0.0739. The van der Waals surface area contributed by atoms with Crippen molar-refractivity contribution in [2.45, 2.75) is 83.1 Å². The maximum Gasteiger partial charge on any atom is 0.108 e. The molecule has 128 valence electrons. The summed E-state index contributed by atoms with van der Waals surface area (Å²) in [5, 5.41) is 29.8. The van der Waals surface area contributed by atoms with Gasteiger partial charge in [-0.25, -0.2) is 0 Å². The zero-order chi connectivity index (χ0) is 15.9. The van der Waals surface area contributed by atoms with Crippen molar-refractivity contribution in [3.05, 3.63) is 0 Å². The predicted molar refractivity (Wildman–Crippen MR) is 86.5 cm³/mol. The standard InChI is InChI=1S/C18H33NO3/c1-12-8-14-4-3-5-18(9-12,10-14)6-7-19-11-15(20)17(22)16(21)13(19)2/h12-17,20-22H,3-11H2,1-2H3/t12?,13-,14?,15+,16-,17-,18?/m1/s1. The van der Waals surface area contributed by atoms with Crippen molar-refractivity contribution in [2.24, 2.45) is 17.3 Å². The molecule has 4 heteroatoms. The Morgan fingerprint density at radius 1 is 1.09 bits per heavy atom. The average Bonchev–Trinajstić information content (AvgIpc) is 2.47. The van der Waals surface area contributed by atoms with Crippen LogP contribution in [0.25, 0.3) is 0 Å². The molecule has 3 fully saturated rings.